The molecule has 0 bridgehead atoms. The molecule has 0 aliphatic heterocycles. The zero-order valence-corrected chi connectivity index (χ0v) is 13.6. The van der Waals surface area contributed by atoms with Crippen LogP contribution >= 0.6 is 0 Å². The van der Waals surface area contributed by atoms with Crippen LogP contribution in [0.2, 0.25) is 0 Å². The lowest BCUT2D eigenvalue weighted by molar-refractivity contribution is -0.115. The largest absolute Gasteiger partial charge is 0.356 e. The summed E-state index contributed by atoms with van der Waals surface area (Å²) >= 11 is 0. The summed E-state index contributed by atoms with van der Waals surface area (Å²) in [6.07, 6.45) is 0.00952. The van der Waals surface area contributed by atoms with Gasteiger partial charge in [-0.15, -0.1) is 0 Å². The van der Waals surface area contributed by atoms with E-state index in [-0.39, 0.29) is 17.2 Å². The number of fused-ring (bicyclic) bond motifs is 1. The minimum absolute atomic E-state index is 0.00952. The minimum atomic E-state index is -3.85. The number of carbonyl (C=O) groups excluding carboxylic acids is 1. The molecule has 3 aromatic rings. The average Bonchev–Trinajstić information content (AvgIpc) is 2.91. The quantitative estimate of drug-likeness (QED) is 0.750. The molecule has 0 fully saturated rings. The van der Waals surface area contributed by atoms with E-state index < -0.39 is 10.0 Å². The minimum Gasteiger partial charge on any atom is -0.356 e. The van der Waals surface area contributed by atoms with Gasteiger partial charge in [0.1, 0.15) is 5.69 Å². The number of primary sulfonamides is 1. The van der Waals surface area contributed by atoms with E-state index in [1.807, 2.05) is 18.2 Å². The first-order chi connectivity index (χ1) is 11.3. The number of nitrogens with one attached hydrogen (secondary N) is 1. The Bertz CT molecular complexity index is 1020. The molecule has 1 aromatic heterocycles. The molecule has 0 unspecified atom stereocenters. The Hall–Kier alpha value is -2.71. The predicted molar refractivity (Wildman–Crippen MR) is 88.9 cm³/mol. The SMILES string of the molecule is Cc1ccc(NC(=O)Cc2noc3ccccc23)cc1S(N)(=O)=O. The lowest BCUT2D eigenvalue weighted by Crippen LogP contribution is -2.17. The number of para-hydroxylation sites is 1. The van der Waals surface area contributed by atoms with E-state index in [9.17, 15) is 13.2 Å². The van der Waals surface area contributed by atoms with Crippen LogP contribution in [-0.4, -0.2) is 19.5 Å². The van der Waals surface area contributed by atoms with Gasteiger partial charge < -0.3 is 9.84 Å². The van der Waals surface area contributed by atoms with Crippen LogP contribution in [0.15, 0.2) is 51.9 Å². The maximum absolute atomic E-state index is 12.2. The van der Waals surface area contributed by atoms with E-state index in [0.29, 0.717) is 22.5 Å². The molecule has 0 atom stereocenters. The third kappa shape index (κ3) is 3.29. The summed E-state index contributed by atoms with van der Waals surface area (Å²) in [6, 6.07) is 11.8. The van der Waals surface area contributed by atoms with Gasteiger partial charge in [0.05, 0.1) is 11.3 Å². The van der Waals surface area contributed by atoms with Gasteiger partial charge in [-0.1, -0.05) is 23.4 Å². The molecule has 0 aliphatic carbocycles. The molecule has 0 radical (unpaired) electrons. The van der Waals surface area contributed by atoms with Crippen LogP contribution in [0, 0.1) is 6.92 Å². The van der Waals surface area contributed by atoms with Crippen molar-refractivity contribution in [3.63, 3.8) is 0 Å². The van der Waals surface area contributed by atoms with Gasteiger partial charge in [0.25, 0.3) is 0 Å². The van der Waals surface area contributed by atoms with Crippen molar-refractivity contribution in [3.8, 4) is 0 Å². The van der Waals surface area contributed by atoms with Crippen LogP contribution in [0.4, 0.5) is 5.69 Å². The van der Waals surface area contributed by atoms with Crippen molar-refractivity contribution >= 4 is 32.6 Å². The summed E-state index contributed by atoms with van der Waals surface area (Å²) in [5, 5.41) is 12.5. The van der Waals surface area contributed by atoms with E-state index in [0.717, 1.165) is 5.39 Å². The summed E-state index contributed by atoms with van der Waals surface area (Å²) in [4.78, 5) is 12.2. The Labute approximate surface area is 138 Å². The molecule has 3 rings (SSSR count). The second-order valence-corrected chi connectivity index (χ2v) is 6.91. The lowest BCUT2D eigenvalue weighted by atomic mass is 10.1. The van der Waals surface area contributed by atoms with E-state index in [2.05, 4.69) is 10.5 Å². The molecule has 8 heteroatoms. The Morgan fingerprint density at radius 2 is 2.00 bits per heavy atom. The highest BCUT2D eigenvalue weighted by Gasteiger charge is 2.15. The Kier molecular flexibility index (Phi) is 4.08. The van der Waals surface area contributed by atoms with Crippen molar-refractivity contribution in [1.82, 2.24) is 5.16 Å². The molecule has 0 spiro atoms. The maximum Gasteiger partial charge on any atom is 0.238 e. The smallest absolute Gasteiger partial charge is 0.238 e. The molecular formula is C16H15N3O4S. The first kappa shape index (κ1) is 16.2. The molecule has 0 aliphatic rings. The average molecular weight is 345 g/mol. The van der Waals surface area contributed by atoms with Crippen LogP contribution in [0.3, 0.4) is 0 Å². The van der Waals surface area contributed by atoms with Crippen molar-refractivity contribution in [2.45, 2.75) is 18.2 Å². The number of benzene rings is 2. The highest BCUT2D eigenvalue weighted by atomic mass is 32.2. The number of carbonyl (C=O) groups is 1. The van der Waals surface area contributed by atoms with Crippen LogP contribution in [-0.2, 0) is 21.2 Å². The van der Waals surface area contributed by atoms with Crippen LogP contribution in [0.25, 0.3) is 11.0 Å². The lowest BCUT2D eigenvalue weighted by Gasteiger charge is -2.08. The predicted octanol–water partition coefficient (Wildman–Crippen LogP) is 1.96. The van der Waals surface area contributed by atoms with Crippen molar-refractivity contribution in [3.05, 3.63) is 53.7 Å². The van der Waals surface area contributed by atoms with Crippen LogP contribution < -0.4 is 10.5 Å². The Morgan fingerprint density at radius 1 is 1.25 bits per heavy atom. The second kappa shape index (κ2) is 6.06. The van der Waals surface area contributed by atoms with Gasteiger partial charge in [-0.2, -0.15) is 0 Å². The molecule has 1 heterocycles. The third-order valence-electron chi connectivity index (χ3n) is 3.56. The normalized spacial score (nSPS) is 11.6. The molecule has 0 saturated heterocycles. The monoisotopic (exact) mass is 345 g/mol. The summed E-state index contributed by atoms with van der Waals surface area (Å²) in [7, 11) is -3.85. The van der Waals surface area contributed by atoms with Gasteiger partial charge in [0.15, 0.2) is 5.58 Å². The van der Waals surface area contributed by atoms with Crippen LogP contribution in [0.5, 0.6) is 0 Å². The number of aryl methyl sites for hydroxylation is 1. The van der Waals surface area contributed by atoms with Crippen molar-refractivity contribution in [2.24, 2.45) is 5.14 Å². The number of hydrogen-bond donors (Lipinski definition) is 2. The zero-order valence-electron chi connectivity index (χ0n) is 12.8. The number of hydrogen-bond acceptors (Lipinski definition) is 5. The summed E-state index contributed by atoms with van der Waals surface area (Å²) < 4.78 is 28.2. The van der Waals surface area contributed by atoms with E-state index in [4.69, 9.17) is 9.66 Å². The fraction of sp³-hybridized carbons (Fsp3) is 0.125. The molecule has 24 heavy (non-hydrogen) atoms. The Morgan fingerprint density at radius 3 is 2.75 bits per heavy atom. The molecule has 7 nitrogen and oxygen atoms in total. The summed E-state index contributed by atoms with van der Waals surface area (Å²) in [6.45, 7) is 1.63. The van der Waals surface area contributed by atoms with Gasteiger partial charge in [-0.25, -0.2) is 13.6 Å². The van der Waals surface area contributed by atoms with Crippen molar-refractivity contribution in [1.29, 1.82) is 0 Å². The topological polar surface area (TPSA) is 115 Å². The molecular weight excluding hydrogens is 330 g/mol. The number of nitrogens with zero attached hydrogens (tertiary/aromatic N) is 1. The van der Waals surface area contributed by atoms with Crippen molar-refractivity contribution in [2.75, 3.05) is 5.32 Å². The molecule has 124 valence electrons. The van der Waals surface area contributed by atoms with Gasteiger partial charge in [0, 0.05) is 11.1 Å². The fourth-order valence-corrected chi connectivity index (χ4v) is 3.22. The van der Waals surface area contributed by atoms with E-state index >= 15 is 0 Å². The number of anilines is 1. The Balaban J connectivity index is 1.80. The maximum atomic E-state index is 12.2. The van der Waals surface area contributed by atoms with Gasteiger partial charge in [-0.05, 0) is 36.8 Å². The van der Waals surface area contributed by atoms with Crippen molar-refractivity contribution < 1.29 is 17.7 Å². The summed E-state index contributed by atoms with van der Waals surface area (Å²) in [5.74, 6) is -0.335. The first-order valence-electron chi connectivity index (χ1n) is 7.11. The first-order valence-corrected chi connectivity index (χ1v) is 8.66. The van der Waals surface area contributed by atoms with Gasteiger partial charge in [0.2, 0.25) is 15.9 Å². The zero-order chi connectivity index (χ0) is 17.3. The third-order valence-corrected chi connectivity index (χ3v) is 4.61. The highest BCUT2D eigenvalue weighted by molar-refractivity contribution is 7.89. The standard InChI is InChI=1S/C16H15N3O4S/c1-10-6-7-11(8-15(10)24(17,21)22)18-16(20)9-13-12-4-2-3-5-14(12)23-19-13/h2-8H,9H2,1H3,(H,18,20)(H2,17,21,22). The number of nitrogens with two attached hydrogens (primary N) is 1. The van der Waals surface area contributed by atoms with E-state index in [1.165, 1.54) is 6.07 Å². The number of amides is 1. The van der Waals surface area contributed by atoms with Gasteiger partial charge >= 0.3 is 0 Å². The highest BCUT2D eigenvalue weighted by Crippen LogP contribution is 2.21. The molecule has 1 amide bonds. The second-order valence-electron chi connectivity index (χ2n) is 5.38. The number of aromatic nitrogens is 1. The number of sulfonamides is 1. The molecule has 0 saturated carbocycles. The van der Waals surface area contributed by atoms with Crippen LogP contribution in [0.1, 0.15) is 11.3 Å². The number of rotatable bonds is 4. The molecule has 3 N–H and O–H groups in total. The molecule has 2 aromatic carbocycles. The van der Waals surface area contributed by atoms with E-state index in [1.54, 1.807) is 25.1 Å². The van der Waals surface area contributed by atoms with Gasteiger partial charge in [-0.3, -0.25) is 4.79 Å². The summed E-state index contributed by atoms with van der Waals surface area (Å²) in [5.41, 5.74) is 1.98. The fourth-order valence-electron chi connectivity index (χ4n) is 2.41.